The lowest BCUT2D eigenvalue weighted by atomic mass is 10.1. The smallest absolute Gasteiger partial charge is 0.221 e. The Morgan fingerprint density at radius 2 is 1.71 bits per heavy atom. The lowest BCUT2D eigenvalue weighted by Gasteiger charge is -2.01. The van der Waals surface area contributed by atoms with E-state index in [1.54, 1.807) is 0 Å². The van der Waals surface area contributed by atoms with Crippen LogP contribution in [0.25, 0.3) is 6.08 Å². The number of carbonyl (C=O) groups excluding carboxylic acids is 1. The summed E-state index contributed by atoms with van der Waals surface area (Å²) in [5, 5.41) is 2.73. The lowest BCUT2D eigenvalue weighted by Crippen LogP contribution is -2.05. The summed E-state index contributed by atoms with van der Waals surface area (Å²) in [5.41, 5.74) is 3.25. The topological polar surface area (TPSA) is 29.1 Å². The predicted molar refractivity (Wildman–Crippen MR) is 60.1 cm³/mol. The highest BCUT2D eigenvalue weighted by Crippen LogP contribution is 2.12. The van der Waals surface area contributed by atoms with E-state index < -0.39 is 0 Å². The van der Waals surface area contributed by atoms with Gasteiger partial charge in [-0.2, -0.15) is 0 Å². The minimum Gasteiger partial charge on any atom is -0.326 e. The molecule has 1 aromatic rings. The van der Waals surface area contributed by atoms with Gasteiger partial charge in [0.15, 0.2) is 0 Å². The van der Waals surface area contributed by atoms with Crippen LogP contribution in [0.4, 0.5) is 5.69 Å². The molecule has 1 rings (SSSR count). The van der Waals surface area contributed by atoms with Crippen LogP contribution in [0.3, 0.4) is 0 Å². The number of anilines is 1. The van der Waals surface area contributed by atoms with Crippen LogP contribution in [0, 0.1) is 0 Å². The Bertz CT molecular complexity index is 345. The van der Waals surface area contributed by atoms with E-state index in [0.717, 1.165) is 11.3 Å². The molecule has 0 aliphatic heterocycles. The molecule has 1 N–H and O–H groups in total. The van der Waals surface area contributed by atoms with Crippen molar-refractivity contribution in [3.8, 4) is 0 Å². The fourth-order valence-electron chi connectivity index (χ4n) is 1.20. The number of carbonyl (C=O) groups is 1. The molecule has 1 aromatic carbocycles. The van der Waals surface area contributed by atoms with Crippen molar-refractivity contribution in [2.24, 2.45) is 0 Å². The molecule has 0 aliphatic carbocycles. The Morgan fingerprint density at radius 3 is 2.14 bits per heavy atom. The molecule has 0 bridgehead atoms. The van der Waals surface area contributed by atoms with Crippen molar-refractivity contribution in [1.82, 2.24) is 0 Å². The van der Waals surface area contributed by atoms with E-state index >= 15 is 0 Å². The standard InChI is InChI=1S/C12H15NO/c1-9(2)8-11-4-6-12(7-5-11)13-10(3)14/h4-8H,1-3H3,(H,13,14). The molecule has 2 heteroatoms. The van der Waals surface area contributed by atoms with Gasteiger partial charge in [0, 0.05) is 12.6 Å². The average molecular weight is 189 g/mol. The van der Waals surface area contributed by atoms with Gasteiger partial charge in [-0.3, -0.25) is 4.79 Å². The molecular formula is C12H15NO. The van der Waals surface area contributed by atoms with E-state index in [4.69, 9.17) is 0 Å². The molecule has 0 heterocycles. The van der Waals surface area contributed by atoms with Crippen molar-refractivity contribution in [2.75, 3.05) is 5.32 Å². The van der Waals surface area contributed by atoms with E-state index in [0.29, 0.717) is 0 Å². The molecule has 0 aromatic heterocycles. The molecule has 0 spiro atoms. The summed E-state index contributed by atoms with van der Waals surface area (Å²) in [6.07, 6.45) is 2.09. The van der Waals surface area contributed by atoms with Crippen LogP contribution < -0.4 is 5.32 Å². The normalized spacial score (nSPS) is 9.36. The Hall–Kier alpha value is -1.57. The second-order valence-corrected chi connectivity index (χ2v) is 3.52. The van der Waals surface area contributed by atoms with Crippen LogP contribution in [-0.2, 0) is 4.79 Å². The molecule has 0 saturated heterocycles. The summed E-state index contributed by atoms with van der Waals surface area (Å²) in [7, 11) is 0. The molecule has 0 fully saturated rings. The van der Waals surface area contributed by atoms with Crippen molar-refractivity contribution >= 4 is 17.7 Å². The second-order valence-electron chi connectivity index (χ2n) is 3.52. The van der Waals surface area contributed by atoms with E-state index in [9.17, 15) is 4.79 Å². The van der Waals surface area contributed by atoms with E-state index in [1.807, 2.05) is 24.3 Å². The Labute approximate surface area is 84.6 Å². The Balaban J connectivity index is 2.78. The predicted octanol–water partition coefficient (Wildman–Crippen LogP) is 3.07. The maximum Gasteiger partial charge on any atom is 0.221 e. The lowest BCUT2D eigenvalue weighted by molar-refractivity contribution is -0.114. The first kappa shape index (κ1) is 10.5. The monoisotopic (exact) mass is 189 g/mol. The largest absolute Gasteiger partial charge is 0.326 e. The highest BCUT2D eigenvalue weighted by molar-refractivity contribution is 5.88. The van der Waals surface area contributed by atoms with Crippen LogP contribution in [-0.4, -0.2) is 5.91 Å². The van der Waals surface area contributed by atoms with Gasteiger partial charge in [0.05, 0.1) is 0 Å². The van der Waals surface area contributed by atoms with Crippen LogP contribution >= 0.6 is 0 Å². The van der Waals surface area contributed by atoms with Gasteiger partial charge in [0.1, 0.15) is 0 Å². The number of amides is 1. The third-order valence-corrected chi connectivity index (χ3v) is 1.69. The zero-order valence-electron chi connectivity index (χ0n) is 8.79. The minimum atomic E-state index is -0.0417. The fraction of sp³-hybridized carbons (Fsp3) is 0.250. The zero-order valence-corrected chi connectivity index (χ0v) is 8.79. The van der Waals surface area contributed by atoms with Crippen LogP contribution in [0.1, 0.15) is 26.3 Å². The van der Waals surface area contributed by atoms with Gasteiger partial charge in [-0.1, -0.05) is 23.8 Å². The fourth-order valence-corrected chi connectivity index (χ4v) is 1.20. The number of benzene rings is 1. The SMILES string of the molecule is CC(=O)Nc1ccc(C=C(C)C)cc1. The van der Waals surface area contributed by atoms with Crippen LogP contribution in [0.2, 0.25) is 0 Å². The number of rotatable bonds is 2. The molecule has 0 radical (unpaired) electrons. The van der Waals surface area contributed by atoms with Crippen LogP contribution in [0.5, 0.6) is 0 Å². The van der Waals surface area contributed by atoms with E-state index in [2.05, 4.69) is 25.2 Å². The Morgan fingerprint density at radius 1 is 1.14 bits per heavy atom. The van der Waals surface area contributed by atoms with Gasteiger partial charge in [0.2, 0.25) is 5.91 Å². The molecule has 0 saturated carbocycles. The summed E-state index contributed by atoms with van der Waals surface area (Å²) in [5.74, 6) is -0.0417. The van der Waals surface area contributed by atoms with Crippen molar-refractivity contribution in [2.45, 2.75) is 20.8 Å². The summed E-state index contributed by atoms with van der Waals surface area (Å²) < 4.78 is 0. The van der Waals surface area contributed by atoms with Crippen molar-refractivity contribution in [3.05, 3.63) is 35.4 Å². The summed E-state index contributed by atoms with van der Waals surface area (Å²) in [4.78, 5) is 10.8. The maximum atomic E-state index is 10.8. The molecule has 2 nitrogen and oxygen atoms in total. The Kier molecular flexibility index (Phi) is 3.46. The number of allylic oxidation sites excluding steroid dienone is 1. The summed E-state index contributed by atoms with van der Waals surface area (Å²) in [6, 6.07) is 7.77. The second kappa shape index (κ2) is 4.61. The number of hydrogen-bond acceptors (Lipinski definition) is 1. The molecule has 74 valence electrons. The van der Waals surface area contributed by atoms with Crippen molar-refractivity contribution < 1.29 is 4.79 Å². The first-order valence-corrected chi connectivity index (χ1v) is 4.60. The highest BCUT2D eigenvalue weighted by Gasteiger charge is 1.94. The average Bonchev–Trinajstić information content (AvgIpc) is 2.06. The number of nitrogens with one attached hydrogen (secondary N) is 1. The molecule has 0 atom stereocenters. The first-order chi connectivity index (χ1) is 6.58. The third kappa shape index (κ3) is 3.44. The maximum absolute atomic E-state index is 10.8. The first-order valence-electron chi connectivity index (χ1n) is 4.60. The van der Waals surface area contributed by atoms with Crippen LogP contribution in [0.15, 0.2) is 29.8 Å². The quantitative estimate of drug-likeness (QED) is 0.761. The summed E-state index contributed by atoms with van der Waals surface area (Å²) in [6.45, 7) is 5.62. The van der Waals surface area contributed by atoms with Gasteiger partial charge in [-0.25, -0.2) is 0 Å². The van der Waals surface area contributed by atoms with Gasteiger partial charge in [0.25, 0.3) is 0 Å². The highest BCUT2D eigenvalue weighted by atomic mass is 16.1. The molecule has 0 unspecified atom stereocenters. The molecule has 0 aliphatic rings. The zero-order chi connectivity index (χ0) is 10.6. The number of hydrogen-bond donors (Lipinski definition) is 1. The molecule has 1 amide bonds. The van der Waals surface area contributed by atoms with Gasteiger partial charge in [-0.05, 0) is 31.5 Å². The molecular weight excluding hydrogens is 174 g/mol. The van der Waals surface area contributed by atoms with Gasteiger partial charge >= 0.3 is 0 Å². The van der Waals surface area contributed by atoms with E-state index in [-0.39, 0.29) is 5.91 Å². The van der Waals surface area contributed by atoms with Gasteiger partial charge < -0.3 is 5.32 Å². The van der Waals surface area contributed by atoms with E-state index in [1.165, 1.54) is 12.5 Å². The minimum absolute atomic E-state index is 0.0417. The third-order valence-electron chi connectivity index (χ3n) is 1.69. The van der Waals surface area contributed by atoms with Crippen molar-refractivity contribution in [1.29, 1.82) is 0 Å². The molecule has 14 heavy (non-hydrogen) atoms. The summed E-state index contributed by atoms with van der Waals surface area (Å²) >= 11 is 0. The van der Waals surface area contributed by atoms with Gasteiger partial charge in [-0.15, -0.1) is 0 Å². The van der Waals surface area contributed by atoms with Crippen molar-refractivity contribution in [3.63, 3.8) is 0 Å².